The van der Waals surface area contributed by atoms with Gasteiger partial charge in [0, 0.05) is 18.2 Å². The molecule has 1 aromatic carbocycles. The van der Waals surface area contributed by atoms with E-state index in [-0.39, 0.29) is 29.7 Å². The van der Waals surface area contributed by atoms with E-state index in [1.54, 1.807) is 12.1 Å². The van der Waals surface area contributed by atoms with Crippen LogP contribution < -0.4 is 16.0 Å². The Kier molecular flexibility index (Phi) is 9.48. The number of aryl methyl sites for hydroxylation is 1. The van der Waals surface area contributed by atoms with Crippen molar-refractivity contribution < 1.29 is 19.1 Å². The molecule has 0 aliphatic rings. The van der Waals surface area contributed by atoms with E-state index in [0.29, 0.717) is 12.1 Å². The molecule has 0 spiro atoms. The first-order valence-corrected chi connectivity index (χ1v) is 9.69. The molecule has 3 atom stereocenters. The summed E-state index contributed by atoms with van der Waals surface area (Å²) in [5.74, 6) is -0.446. The first-order valence-electron chi connectivity index (χ1n) is 9.69. The summed E-state index contributed by atoms with van der Waals surface area (Å²) < 4.78 is 4.60. The molecule has 0 radical (unpaired) electrons. The van der Waals surface area contributed by atoms with Crippen LogP contribution in [0.5, 0.6) is 0 Å². The Morgan fingerprint density at radius 1 is 1.04 bits per heavy atom. The Bertz CT molecular complexity index is 658. The number of nitrogens with one attached hydrogen (secondary N) is 3. The molecular weight excluding hydrogens is 358 g/mol. The molecule has 3 N–H and O–H groups in total. The van der Waals surface area contributed by atoms with Crippen molar-refractivity contribution in [3.05, 3.63) is 35.4 Å². The quantitative estimate of drug-likeness (QED) is 0.603. The van der Waals surface area contributed by atoms with Crippen molar-refractivity contribution in [2.24, 2.45) is 11.8 Å². The zero-order chi connectivity index (χ0) is 21.3. The summed E-state index contributed by atoms with van der Waals surface area (Å²) in [5.41, 5.74) is 1.66. The second-order valence-corrected chi connectivity index (χ2v) is 7.43. The summed E-state index contributed by atoms with van der Waals surface area (Å²) in [5, 5.41) is 8.43. The van der Waals surface area contributed by atoms with E-state index in [0.717, 1.165) is 12.0 Å². The highest BCUT2D eigenvalue weighted by atomic mass is 16.5. The number of methoxy groups -OCH3 is 1. The summed E-state index contributed by atoms with van der Waals surface area (Å²) in [7, 11) is 1.26. The molecule has 156 valence electrons. The van der Waals surface area contributed by atoms with Gasteiger partial charge in [-0.3, -0.25) is 9.59 Å². The molecule has 7 nitrogen and oxygen atoms in total. The largest absolute Gasteiger partial charge is 0.453 e. The summed E-state index contributed by atoms with van der Waals surface area (Å²) >= 11 is 0. The number of hydrogen-bond donors (Lipinski definition) is 3. The van der Waals surface area contributed by atoms with Crippen molar-refractivity contribution in [1.29, 1.82) is 0 Å². The molecule has 0 saturated heterocycles. The highest BCUT2D eigenvalue weighted by Crippen LogP contribution is 2.10. The third-order valence-electron chi connectivity index (χ3n) is 4.86. The fraction of sp³-hybridized carbons (Fsp3) is 0.571. The van der Waals surface area contributed by atoms with Crippen LogP contribution in [-0.4, -0.2) is 43.6 Å². The van der Waals surface area contributed by atoms with Crippen molar-refractivity contribution >= 4 is 17.9 Å². The van der Waals surface area contributed by atoms with Gasteiger partial charge in [-0.2, -0.15) is 0 Å². The normalized spacial score (nSPS) is 14.0. The molecule has 7 heteroatoms. The average Bonchev–Trinajstić information content (AvgIpc) is 2.68. The van der Waals surface area contributed by atoms with Crippen LogP contribution in [0.2, 0.25) is 0 Å². The van der Waals surface area contributed by atoms with Crippen LogP contribution in [-0.2, 0) is 9.53 Å². The predicted molar refractivity (Wildman–Crippen MR) is 109 cm³/mol. The minimum Gasteiger partial charge on any atom is -0.453 e. The summed E-state index contributed by atoms with van der Waals surface area (Å²) in [6.45, 7) is 9.99. The van der Waals surface area contributed by atoms with E-state index >= 15 is 0 Å². The Balaban J connectivity index is 2.78. The Morgan fingerprint density at radius 3 is 2.14 bits per heavy atom. The number of amides is 3. The van der Waals surface area contributed by atoms with Gasteiger partial charge in [0.15, 0.2) is 0 Å². The fourth-order valence-corrected chi connectivity index (χ4v) is 2.68. The van der Waals surface area contributed by atoms with Gasteiger partial charge in [-0.25, -0.2) is 4.79 Å². The average molecular weight is 392 g/mol. The monoisotopic (exact) mass is 391 g/mol. The van der Waals surface area contributed by atoms with Crippen molar-refractivity contribution in [2.75, 3.05) is 13.7 Å². The lowest BCUT2D eigenvalue weighted by Gasteiger charge is -2.28. The van der Waals surface area contributed by atoms with E-state index < -0.39 is 12.1 Å². The van der Waals surface area contributed by atoms with Crippen molar-refractivity contribution in [3.63, 3.8) is 0 Å². The highest BCUT2D eigenvalue weighted by molar-refractivity contribution is 5.94. The van der Waals surface area contributed by atoms with Crippen molar-refractivity contribution in [1.82, 2.24) is 16.0 Å². The topological polar surface area (TPSA) is 96.5 Å². The highest BCUT2D eigenvalue weighted by Gasteiger charge is 2.28. The van der Waals surface area contributed by atoms with E-state index in [4.69, 9.17) is 0 Å². The molecule has 0 aromatic heterocycles. The molecule has 1 aromatic rings. The zero-order valence-electron chi connectivity index (χ0n) is 17.7. The van der Waals surface area contributed by atoms with Gasteiger partial charge < -0.3 is 20.7 Å². The second kappa shape index (κ2) is 11.3. The van der Waals surface area contributed by atoms with E-state index in [1.165, 1.54) is 7.11 Å². The predicted octanol–water partition coefficient (Wildman–Crippen LogP) is 2.64. The molecular formula is C21H33N3O4. The molecule has 0 unspecified atom stereocenters. The molecule has 0 aliphatic heterocycles. The first kappa shape index (κ1) is 23.5. The number of rotatable bonds is 9. The number of carbonyl (C=O) groups is 3. The zero-order valence-corrected chi connectivity index (χ0v) is 17.7. The van der Waals surface area contributed by atoms with Crippen molar-refractivity contribution in [3.8, 4) is 0 Å². The van der Waals surface area contributed by atoms with Gasteiger partial charge in [-0.15, -0.1) is 0 Å². The van der Waals surface area contributed by atoms with Crippen LogP contribution in [0.3, 0.4) is 0 Å². The molecule has 28 heavy (non-hydrogen) atoms. The summed E-state index contributed by atoms with van der Waals surface area (Å²) in [6, 6.07) is 6.34. The second-order valence-electron chi connectivity index (χ2n) is 7.43. The Labute approximate surface area is 167 Å². The molecule has 3 amide bonds. The maximum Gasteiger partial charge on any atom is 0.407 e. The smallest absolute Gasteiger partial charge is 0.407 e. The minimum absolute atomic E-state index is 0.112. The first-order chi connectivity index (χ1) is 13.2. The molecule has 0 aliphatic carbocycles. The number of carbonyl (C=O) groups excluding carboxylic acids is 3. The summed E-state index contributed by atoms with van der Waals surface area (Å²) in [4.78, 5) is 36.6. The summed E-state index contributed by atoms with van der Waals surface area (Å²) in [6.07, 6.45) is 0.184. The maximum atomic E-state index is 12.7. The van der Waals surface area contributed by atoms with E-state index in [1.807, 2.05) is 46.8 Å². The van der Waals surface area contributed by atoms with Crippen LogP contribution in [0.25, 0.3) is 0 Å². The number of alkyl carbamates (subject to hydrolysis) is 1. The molecule has 1 rings (SSSR count). The van der Waals surface area contributed by atoms with Crippen LogP contribution in [0.1, 0.15) is 50.0 Å². The Hall–Kier alpha value is -2.57. The van der Waals surface area contributed by atoms with Gasteiger partial charge >= 0.3 is 6.09 Å². The van der Waals surface area contributed by atoms with Crippen LogP contribution in [0.4, 0.5) is 4.79 Å². The molecule has 0 bridgehead atoms. The lowest BCUT2D eigenvalue weighted by atomic mass is 9.97. The number of ether oxygens (including phenoxy) is 1. The van der Waals surface area contributed by atoms with E-state index in [9.17, 15) is 14.4 Å². The van der Waals surface area contributed by atoms with Crippen LogP contribution in [0.15, 0.2) is 24.3 Å². The Morgan fingerprint density at radius 2 is 1.64 bits per heavy atom. The van der Waals surface area contributed by atoms with Gasteiger partial charge in [0.1, 0.15) is 6.04 Å². The third-order valence-corrected chi connectivity index (χ3v) is 4.86. The van der Waals surface area contributed by atoms with E-state index in [2.05, 4.69) is 20.7 Å². The molecule has 0 heterocycles. The third kappa shape index (κ3) is 7.21. The van der Waals surface area contributed by atoms with Gasteiger partial charge in [0.2, 0.25) is 5.91 Å². The SMILES string of the molecule is CC[C@H](C)[C@@H](CNC(=O)c1ccc(C)cc1)NC(=O)[C@@H](NC(=O)OC)C(C)C. The molecule has 0 fully saturated rings. The maximum absolute atomic E-state index is 12.7. The lowest BCUT2D eigenvalue weighted by molar-refractivity contribution is -0.125. The number of benzene rings is 1. The van der Waals surface area contributed by atoms with Gasteiger partial charge in [0.25, 0.3) is 5.91 Å². The van der Waals surface area contributed by atoms with Crippen LogP contribution >= 0.6 is 0 Å². The number of hydrogen-bond acceptors (Lipinski definition) is 4. The van der Waals surface area contributed by atoms with Gasteiger partial charge in [0.05, 0.1) is 7.11 Å². The van der Waals surface area contributed by atoms with Gasteiger partial charge in [-0.05, 0) is 30.9 Å². The van der Waals surface area contributed by atoms with Gasteiger partial charge in [-0.1, -0.05) is 51.8 Å². The molecule has 0 saturated carbocycles. The van der Waals surface area contributed by atoms with Crippen LogP contribution in [0, 0.1) is 18.8 Å². The standard InChI is InChI=1S/C21H33N3O4/c1-7-15(5)17(12-22-19(25)16-10-8-14(4)9-11-16)23-20(26)18(13(2)3)24-21(27)28-6/h8-11,13,15,17-18H,7,12H2,1-6H3,(H,22,25)(H,23,26)(H,24,27)/t15-,17+,18-/m0/s1. The lowest BCUT2D eigenvalue weighted by Crippen LogP contribution is -2.55. The minimum atomic E-state index is -0.716. The van der Waals surface area contributed by atoms with Crippen molar-refractivity contribution in [2.45, 2.75) is 53.1 Å². The fourth-order valence-electron chi connectivity index (χ4n) is 2.68.